The molecule has 0 saturated carbocycles. The summed E-state index contributed by atoms with van der Waals surface area (Å²) in [5, 5.41) is 4.75. The Hall–Kier alpha value is -2.26. The molecule has 0 atom stereocenters. The van der Waals surface area contributed by atoms with Crippen molar-refractivity contribution in [1.29, 1.82) is 0 Å². The summed E-state index contributed by atoms with van der Waals surface area (Å²) in [4.78, 5) is 0. The predicted octanol–water partition coefficient (Wildman–Crippen LogP) is 4.55. The largest absolute Gasteiger partial charge is 0.367 e. The van der Waals surface area contributed by atoms with E-state index in [2.05, 4.69) is 5.16 Å². The second kappa shape index (κ2) is 5.02. The van der Waals surface area contributed by atoms with E-state index >= 15 is 0 Å². The van der Waals surface area contributed by atoms with Gasteiger partial charge in [0, 0.05) is 10.6 Å². The molecule has 0 bridgehead atoms. The molecule has 20 heavy (non-hydrogen) atoms. The zero-order chi connectivity index (χ0) is 14.1. The highest BCUT2D eigenvalue weighted by molar-refractivity contribution is 6.30. The Morgan fingerprint density at radius 1 is 0.950 bits per heavy atom. The number of anilines is 1. The van der Waals surface area contributed by atoms with Gasteiger partial charge in [-0.3, -0.25) is 0 Å². The van der Waals surface area contributed by atoms with Crippen molar-refractivity contribution in [2.75, 3.05) is 5.73 Å². The fraction of sp³-hybridized carbons (Fsp3) is 0.0625. The average Bonchev–Trinajstić information content (AvgIpc) is 2.83. The third kappa shape index (κ3) is 2.28. The maximum atomic E-state index is 5.92. The van der Waals surface area contributed by atoms with Crippen molar-refractivity contribution in [1.82, 2.24) is 5.16 Å². The first-order valence-corrected chi connectivity index (χ1v) is 6.61. The van der Waals surface area contributed by atoms with Gasteiger partial charge in [-0.1, -0.05) is 58.7 Å². The van der Waals surface area contributed by atoms with E-state index in [-0.39, 0.29) is 0 Å². The molecule has 0 aliphatic carbocycles. The normalized spacial score (nSPS) is 10.7. The fourth-order valence-corrected chi connectivity index (χ4v) is 2.23. The van der Waals surface area contributed by atoms with Crippen LogP contribution in [0.4, 0.5) is 5.88 Å². The minimum atomic E-state index is 0.318. The Morgan fingerprint density at radius 2 is 1.55 bits per heavy atom. The van der Waals surface area contributed by atoms with Crippen LogP contribution in [0.3, 0.4) is 0 Å². The van der Waals surface area contributed by atoms with Gasteiger partial charge in [-0.05, 0) is 24.6 Å². The summed E-state index contributed by atoms with van der Waals surface area (Å²) < 4.78 is 5.16. The van der Waals surface area contributed by atoms with Crippen LogP contribution < -0.4 is 5.73 Å². The Balaban J connectivity index is 2.14. The van der Waals surface area contributed by atoms with E-state index in [0.29, 0.717) is 10.9 Å². The summed E-state index contributed by atoms with van der Waals surface area (Å²) in [5.74, 6) is 0.318. The molecule has 4 heteroatoms. The molecule has 0 spiro atoms. The smallest absolute Gasteiger partial charge is 0.230 e. The van der Waals surface area contributed by atoms with E-state index in [1.54, 1.807) is 0 Å². The van der Waals surface area contributed by atoms with Crippen LogP contribution in [0.5, 0.6) is 0 Å². The summed E-state index contributed by atoms with van der Waals surface area (Å²) in [6.07, 6.45) is 0. The molecule has 3 nitrogen and oxygen atoms in total. The van der Waals surface area contributed by atoms with E-state index in [4.69, 9.17) is 21.9 Å². The summed E-state index contributed by atoms with van der Waals surface area (Å²) in [6.45, 7) is 2.04. The maximum Gasteiger partial charge on any atom is 0.230 e. The third-order valence-corrected chi connectivity index (χ3v) is 3.43. The van der Waals surface area contributed by atoms with Gasteiger partial charge >= 0.3 is 0 Å². The van der Waals surface area contributed by atoms with E-state index in [0.717, 1.165) is 22.4 Å². The van der Waals surface area contributed by atoms with Gasteiger partial charge in [0.1, 0.15) is 5.69 Å². The van der Waals surface area contributed by atoms with Gasteiger partial charge in [0.15, 0.2) is 0 Å². The van der Waals surface area contributed by atoms with Crippen molar-refractivity contribution in [3.8, 4) is 22.4 Å². The number of nitrogens with zero attached hydrogens (tertiary/aromatic N) is 1. The molecule has 0 aliphatic rings. The minimum absolute atomic E-state index is 0.318. The third-order valence-electron chi connectivity index (χ3n) is 3.18. The SMILES string of the molecule is Cc1ccc(-c2c(-c3ccc(Cl)cc3)noc2N)cc1. The summed E-state index contributed by atoms with van der Waals surface area (Å²) >= 11 is 5.91. The fourth-order valence-electron chi connectivity index (χ4n) is 2.11. The molecule has 1 aromatic heterocycles. The number of hydrogen-bond donors (Lipinski definition) is 1. The lowest BCUT2D eigenvalue weighted by Gasteiger charge is -2.03. The van der Waals surface area contributed by atoms with Gasteiger partial charge in [-0.2, -0.15) is 0 Å². The van der Waals surface area contributed by atoms with Crippen molar-refractivity contribution >= 4 is 17.5 Å². The molecule has 0 amide bonds. The van der Waals surface area contributed by atoms with Crippen molar-refractivity contribution in [2.45, 2.75) is 6.92 Å². The van der Waals surface area contributed by atoms with E-state index in [1.165, 1.54) is 5.56 Å². The summed E-state index contributed by atoms with van der Waals surface area (Å²) in [7, 11) is 0. The first-order chi connectivity index (χ1) is 9.65. The highest BCUT2D eigenvalue weighted by atomic mass is 35.5. The lowest BCUT2D eigenvalue weighted by Crippen LogP contribution is -1.88. The predicted molar refractivity (Wildman–Crippen MR) is 81.5 cm³/mol. The van der Waals surface area contributed by atoms with Crippen LogP contribution in [-0.2, 0) is 0 Å². The summed E-state index contributed by atoms with van der Waals surface area (Å²) in [5.41, 5.74) is 10.6. The molecule has 0 saturated heterocycles. The zero-order valence-corrected chi connectivity index (χ0v) is 11.7. The lowest BCUT2D eigenvalue weighted by atomic mass is 10.0. The van der Waals surface area contributed by atoms with E-state index < -0.39 is 0 Å². The van der Waals surface area contributed by atoms with Crippen LogP contribution in [0.2, 0.25) is 5.02 Å². The number of nitrogen functional groups attached to an aromatic ring is 1. The maximum absolute atomic E-state index is 5.92. The lowest BCUT2D eigenvalue weighted by molar-refractivity contribution is 0.439. The topological polar surface area (TPSA) is 52.0 Å². The van der Waals surface area contributed by atoms with Crippen LogP contribution in [0.1, 0.15) is 5.56 Å². The van der Waals surface area contributed by atoms with Gasteiger partial charge in [0.25, 0.3) is 0 Å². The van der Waals surface area contributed by atoms with Crippen molar-refractivity contribution in [2.24, 2.45) is 0 Å². The molecule has 1 heterocycles. The zero-order valence-electron chi connectivity index (χ0n) is 10.9. The Kier molecular flexibility index (Phi) is 3.20. The number of aromatic nitrogens is 1. The standard InChI is InChI=1S/C16H13ClN2O/c1-10-2-4-11(5-3-10)14-15(19-20-16(14)18)12-6-8-13(17)9-7-12/h2-9H,18H2,1H3. The van der Waals surface area contributed by atoms with Crippen molar-refractivity contribution < 1.29 is 4.52 Å². The molecule has 0 unspecified atom stereocenters. The molecule has 2 N–H and O–H groups in total. The van der Waals surface area contributed by atoms with Gasteiger partial charge in [-0.25, -0.2) is 0 Å². The van der Waals surface area contributed by atoms with Crippen LogP contribution in [0, 0.1) is 6.92 Å². The molecule has 2 aromatic carbocycles. The number of hydrogen-bond acceptors (Lipinski definition) is 3. The Bertz CT molecular complexity index is 730. The Labute approximate surface area is 122 Å². The van der Waals surface area contributed by atoms with Crippen molar-refractivity contribution in [3.05, 3.63) is 59.1 Å². The van der Waals surface area contributed by atoms with E-state index in [1.807, 2.05) is 55.5 Å². The molecule has 0 fully saturated rings. The van der Waals surface area contributed by atoms with Crippen molar-refractivity contribution in [3.63, 3.8) is 0 Å². The molecule has 0 aliphatic heterocycles. The van der Waals surface area contributed by atoms with Crippen LogP contribution in [0.25, 0.3) is 22.4 Å². The highest BCUT2D eigenvalue weighted by Crippen LogP contribution is 2.36. The second-order valence-electron chi connectivity index (χ2n) is 4.64. The second-order valence-corrected chi connectivity index (χ2v) is 5.08. The first-order valence-electron chi connectivity index (χ1n) is 6.23. The monoisotopic (exact) mass is 284 g/mol. The summed E-state index contributed by atoms with van der Waals surface area (Å²) in [6, 6.07) is 15.5. The number of rotatable bonds is 2. The van der Waals surface area contributed by atoms with Gasteiger partial charge in [0.05, 0.1) is 5.56 Å². The van der Waals surface area contributed by atoms with E-state index in [9.17, 15) is 0 Å². The number of benzene rings is 2. The number of aryl methyl sites for hydroxylation is 1. The Morgan fingerprint density at radius 3 is 2.20 bits per heavy atom. The number of halogens is 1. The molecule has 0 radical (unpaired) electrons. The van der Waals surface area contributed by atoms with Crippen LogP contribution in [0.15, 0.2) is 53.1 Å². The van der Waals surface area contributed by atoms with Gasteiger partial charge in [0.2, 0.25) is 5.88 Å². The van der Waals surface area contributed by atoms with Crippen LogP contribution in [-0.4, -0.2) is 5.16 Å². The van der Waals surface area contributed by atoms with Crippen LogP contribution >= 0.6 is 11.6 Å². The average molecular weight is 285 g/mol. The molecule has 100 valence electrons. The van der Waals surface area contributed by atoms with Gasteiger partial charge < -0.3 is 10.3 Å². The molecule has 3 aromatic rings. The molecular formula is C16H13ClN2O. The number of nitrogens with two attached hydrogens (primary N) is 1. The first kappa shape index (κ1) is 12.8. The van der Waals surface area contributed by atoms with Gasteiger partial charge in [-0.15, -0.1) is 0 Å². The molecule has 3 rings (SSSR count). The quantitative estimate of drug-likeness (QED) is 0.751. The highest BCUT2D eigenvalue weighted by Gasteiger charge is 2.17. The molecular weight excluding hydrogens is 272 g/mol. The minimum Gasteiger partial charge on any atom is -0.367 e.